The van der Waals surface area contributed by atoms with E-state index in [9.17, 15) is 4.79 Å². The number of rotatable bonds is 6. The van der Waals surface area contributed by atoms with E-state index in [1.165, 1.54) is 11.8 Å². The van der Waals surface area contributed by atoms with Crippen LogP contribution in [0.3, 0.4) is 0 Å². The van der Waals surface area contributed by atoms with Crippen molar-refractivity contribution in [2.45, 2.75) is 12.1 Å². The average molecular weight is 406 g/mol. The molecule has 0 saturated carbocycles. The fraction of sp³-hybridized carbons (Fsp3) is 0.143. The first-order valence-corrected chi connectivity index (χ1v) is 9.88. The summed E-state index contributed by atoms with van der Waals surface area (Å²) in [5, 5.41) is 12.2. The van der Waals surface area contributed by atoms with Gasteiger partial charge in [-0.05, 0) is 31.2 Å². The van der Waals surface area contributed by atoms with Crippen LogP contribution in [0.1, 0.15) is 5.69 Å². The molecule has 2 heterocycles. The number of pyridine rings is 1. The molecule has 8 heteroatoms. The van der Waals surface area contributed by atoms with Crippen LogP contribution in [0.5, 0.6) is 5.75 Å². The lowest BCUT2D eigenvalue weighted by molar-refractivity contribution is -0.113. The smallest absolute Gasteiger partial charge is 0.277 e. The Morgan fingerprint density at radius 1 is 1.14 bits per heavy atom. The molecule has 2 aromatic heterocycles. The van der Waals surface area contributed by atoms with Crippen molar-refractivity contribution in [1.29, 1.82) is 0 Å². The van der Waals surface area contributed by atoms with Gasteiger partial charge < -0.3 is 14.5 Å². The molecule has 0 unspecified atom stereocenters. The largest absolute Gasteiger partial charge is 0.496 e. The number of amides is 1. The molecule has 0 atom stereocenters. The third kappa shape index (κ3) is 4.22. The summed E-state index contributed by atoms with van der Waals surface area (Å²) in [6.07, 6.45) is 0. The van der Waals surface area contributed by atoms with E-state index in [2.05, 4.69) is 20.5 Å². The normalized spacial score (nSPS) is 10.8. The van der Waals surface area contributed by atoms with Crippen LogP contribution in [0, 0.1) is 6.92 Å². The Balaban J connectivity index is 1.44. The van der Waals surface area contributed by atoms with Gasteiger partial charge in [0.1, 0.15) is 5.75 Å². The van der Waals surface area contributed by atoms with Gasteiger partial charge >= 0.3 is 0 Å². The van der Waals surface area contributed by atoms with Crippen molar-refractivity contribution < 1.29 is 13.9 Å². The minimum absolute atomic E-state index is 0.142. The minimum Gasteiger partial charge on any atom is -0.496 e. The number of nitrogens with one attached hydrogen (secondary N) is 1. The number of carbonyl (C=O) groups excluding carboxylic acids is 1. The molecule has 7 nitrogen and oxygen atoms in total. The third-order valence-electron chi connectivity index (χ3n) is 4.19. The molecule has 0 aliphatic carbocycles. The van der Waals surface area contributed by atoms with Crippen LogP contribution in [-0.4, -0.2) is 34.0 Å². The molecular formula is C21H18N4O3S. The summed E-state index contributed by atoms with van der Waals surface area (Å²) in [4.78, 5) is 16.9. The van der Waals surface area contributed by atoms with Crippen LogP contribution < -0.4 is 10.1 Å². The van der Waals surface area contributed by atoms with Crippen LogP contribution in [0.2, 0.25) is 0 Å². The first kappa shape index (κ1) is 18.9. The van der Waals surface area contributed by atoms with Gasteiger partial charge in [-0.1, -0.05) is 42.1 Å². The predicted octanol–water partition coefficient (Wildman–Crippen LogP) is 4.33. The summed E-state index contributed by atoms with van der Waals surface area (Å²) in [6.45, 7) is 1.90. The van der Waals surface area contributed by atoms with E-state index < -0.39 is 0 Å². The Morgan fingerprint density at radius 3 is 2.79 bits per heavy atom. The first-order chi connectivity index (χ1) is 14.1. The van der Waals surface area contributed by atoms with Crippen LogP contribution in [0.4, 0.5) is 5.69 Å². The number of ether oxygens (including phenoxy) is 1. The Hall–Kier alpha value is -3.39. The first-order valence-electron chi connectivity index (χ1n) is 8.90. The van der Waals surface area contributed by atoms with Gasteiger partial charge in [0.15, 0.2) is 0 Å². The van der Waals surface area contributed by atoms with E-state index in [0.717, 1.165) is 22.3 Å². The van der Waals surface area contributed by atoms with Crippen molar-refractivity contribution >= 4 is 34.3 Å². The zero-order valence-corrected chi connectivity index (χ0v) is 16.7. The van der Waals surface area contributed by atoms with Crippen molar-refractivity contribution in [2.75, 3.05) is 18.2 Å². The third-order valence-corrected chi connectivity index (χ3v) is 5.01. The number of hydrogen-bond donors (Lipinski definition) is 1. The van der Waals surface area contributed by atoms with Crippen molar-refractivity contribution in [3.8, 4) is 17.2 Å². The molecule has 0 aliphatic heterocycles. The molecule has 4 rings (SSSR count). The molecule has 1 amide bonds. The number of para-hydroxylation sites is 2. The van der Waals surface area contributed by atoms with Crippen LogP contribution in [0.15, 0.2) is 64.2 Å². The average Bonchev–Trinajstić information content (AvgIpc) is 3.21. The van der Waals surface area contributed by atoms with Gasteiger partial charge in [0.25, 0.3) is 11.1 Å². The fourth-order valence-corrected chi connectivity index (χ4v) is 3.49. The van der Waals surface area contributed by atoms with Crippen molar-refractivity contribution in [3.05, 3.63) is 60.3 Å². The van der Waals surface area contributed by atoms with E-state index in [1.54, 1.807) is 7.11 Å². The maximum absolute atomic E-state index is 12.5. The van der Waals surface area contributed by atoms with Gasteiger partial charge in [-0.2, -0.15) is 0 Å². The highest BCUT2D eigenvalue weighted by Gasteiger charge is 2.15. The van der Waals surface area contributed by atoms with Crippen molar-refractivity contribution in [3.63, 3.8) is 0 Å². The molecule has 0 radical (unpaired) electrons. The molecular weight excluding hydrogens is 388 g/mol. The van der Waals surface area contributed by atoms with Crippen LogP contribution >= 0.6 is 11.8 Å². The molecule has 4 aromatic rings. The predicted molar refractivity (Wildman–Crippen MR) is 112 cm³/mol. The van der Waals surface area contributed by atoms with E-state index in [1.807, 2.05) is 61.5 Å². The highest BCUT2D eigenvalue weighted by Crippen LogP contribution is 2.30. The van der Waals surface area contributed by atoms with Crippen LogP contribution in [0.25, 0.3) is 22.4 Å². The van der Waals surface area contributed by atoms with Gasteiger partial charge in [0, 0.05) is 11.1 Å². The molecule has 2 aromatic carbocycles. The van der Waals surface area contributed by atoms with E-state index in [-0.39, 0.29) is 11.7 Å². The second-order valence-corrected chi connectivity index (χ2v) is 7.17. The number of anilines is 1. The number of hydrogen-bond acceptors (Lipinski definition) is 7. The zero-order valence-electron chi connectivity index (χ0n) is 15.9. The molecule has 0 saturated heterocycles. The van der Waals surface area contributed by atoms with Crippen molar-refractivity contribution in [2.24, 2.45) is 0 Å². The second-order valence-electron chi connectivity index (χ2n) is 6.24. The fourth-order valence-electron chi connectivity index (χ4n) is 2.92. The zero-order chi connectivity index (χ0) is 20.2. The summed E-state index contributed by atoms with van der Waals surface area (Å²) in [5.74, 6) is 0.970. The van der Waals surface area contributed by atoms with Gasteiger partial charge in [0.2, 0.25) is 5.91 Å². The Kier molecular flexibility index (Phi) is 5.44. The van der Waals surface area contributed by atoms with Gasteiger partial charge in [-0.25, -0.2) is 0 Å². The number of carbonyl (C=O) groups is 1. The summed E-state index contributed by atoms with van der Waals surface area (Å²) >= 11 is 1.18. The van der Waals surface area contributed by atoms with Crippen molar-refractivity contribution in [1.82, 2.24) is 15.2 Å². The van der Waals surface area contributed by atoms with Gasteiger partial charge in [-0.15, -0.1) is 10.2 Å². The lowest BCUT2D eigenvalue weighted by Gasteiger charge is -2.09. The topological polar surface area (TPSA) is 90.1 Å². The minimum atomic E-state index is -0.164. The molecule has 0 bridgehead atoms. The number of thioether (sulfide) groups is 1. The number of benzene rings is 2. The Labute approximate surface area is 171 Å². The molecule has 1 N–H and O–H groups in total. The number of aryl methyl sites for hydroxylation is 1. The number of fused-ring (bicyclic) bond motifs is 1. The monoisotopic (exact) mass is 406 g/mol. The SMILES string of the molecule is COc1ccccc1-c1nnc(SCC(=O)Nc2cc(C)nc3ccccc23)o1. The maximum Gasteiger partial charge on any atom is 0.277 e. The molecule has 0 fully saturated rings. The number of aromatic nitrogens is 3. The van der Waals surface area contributed by atoms with Gasteiger partial charge in [0.05, 0.1) is 29.6 Å². The summed E-state index contributed by atoms with van der Waals surface area (Å²) in [6, 6.07) is 16.9. The van der Waals surface area contributed by atoms with E-state index in [4.69, 9.17) is 9.15 Å². The quantitative estimate of drug-likeness (QED) is 0.477. The number of methoxy groups -OCH3 is 1. The lowest BCUT2D eigenvalue weighted by atomic mass is 10.1. The summed E-state index contributed by atoms with van der Waals surface area (Å²) < 4.78 is 11.0. The lowest BCUT2D eigenvalue weighted by Crippen LogP contribution is -2.14. The highest BCUT2D eigenvalue weighted by atomic mass is 32.2. The molecule has 0 spiro atoms. The highest BCUT2D eigenvalue weighted by molar-refractivity contribution is 7.99. The second kappa shape index (κ2) is 8.32. The number of nitrogens with zero attached hydrogens (tertiary/aromatic N) is 3. The van der Waals surface area contributed by atoms with Gasteiger partial charge in [-0.3, -0.25) is 9.78 Å². The standard InChI is InChI=1S/C21H18N4O3S/c1-13-11-17(14-7-3-5-9-16(14)22-13)23-19(26)12-29-21-25-24-20(28-21)15-8-4-6-10-18(15)27-2/h3-11H,12H2,1-2H3,(H,22,23,26). The van der Waals surface area contributed by atoms with Crippen LogP contribution in [-0.2, 0) is 4.79 Å². The Morgan fingerprint density at radius 2 is 1.93 bits per heavy atom. The Bertz CT molecular complexity index is 1180. The van der Waals surface area contributed by atoms with E-state index in [0.29, 0.717) is 22.4 Å². The maximum atomic E-state index is 12.5. The molecule has 29 heavy (non-hydrogen) atoms. The molecule has 146 valence electrons. The summed E-state index contributed by atoms with van der Waals surface area (Å²) in [7, 11) is 1.58. The summed E-state index contributed by atoms with van der Waals surface area (Å²) in [5.41, 5.74) is 3.12. The molecule has 0 aliphatic rings. The van der Waals surface area contributed by atoms with E-state index >= 15 is 0 Å².